The molecule has 0 radical (unpaired) electrons. The Balaban J connectivity index is 2.27. The van der Waals surface area contributed by atoms with E-state index in [4.69, 9.17) is 16.3 Å². The first kappa shape index (κ1) is 13.4. The third kappa shape index (κ3) is 2.85. The largest absolute Gasteiger partial charge is 0.469 e. The number of ether oxygens (including phenoxy) is 1. The van der Waals surface area contributed by atoms with E-state index in [-0.39, 0.29) is 11.9 Å². The Morgan fingerprint density at radius 3 is 2.89 bits per heavy atom. The molecule has 1 aliphatic rings. The summed E-state index contributed by atoms with van der Waals surface area (Å²) in [5, 5.41) is 0.686. The zero-order valence-electron chi connectivity index (χ0n) is 9.82. The molecule has 0 N–H and O–H groups in total. The van der Waals surface area contributed by atoms with Crippen molar-refractivity contribution in [3.63, 3.8) is 0 Å². The van der Waals surface area contributed by atoms with Gasteiger partial charge in [-0.1, -0.05) is 51.8 Å². The SMILES string of the molecule is COC(=O)C1C=CC(c2cccc(Br)c2)=C(Cl)C1. The summed E-state index contributed by atoms with van der Waals surface area (Å²) in [6, 6.07) is 7.91. The van der Waals surface area contributed by atoms with E-state index in [1.807, 2.05) is 36.4 Å². The molecule has 18 heavy (non-hydrogen) atoms. The summed E-state index contributed by atoms with van der Waals surface area (Å²) in [5.41, 5.74) is 1.99. The first-order valence-electron chi connectivity index (χ1n) is 5.52. The number of allylic oxidation sites excluding steroid dienone is 3. The number of halogens is 2. The monoisotopic (exact) mass is 326 g/mol. The van der Waals surface area contributed by atoms with Crippen LogP contribution in [0.2, 0.25) is 0 Å². The highest BCUT2D eigenvalue weighted by Crippen LogP contribution is 2.33. The Bertz CT molecular complexity index is 534. The molecule has 0 aliphatic heterocycles. The molecule has 0 aromatic heterocycles. The van der Waals surface area contributed by atoms with Crippen LogP contribution in [-0.4, -0.2) is 13.1 Å². The van der Waals surface area contributed by atoms with Crippen molar-refractivity contribution < 1.29 is 9.53 Å². The molecule has 0 heterocycles. The van der Waals surface area contributed by atoms with E-state index in [1.165, 1.54) is 7.11 Å². The zero-order chi connectivity index (χ0) is 13.1. The molecule has 1 unspecified atom stereocenters. The topological polar surface area (TPSA) is 26.3 Å². The maximum atomic E-state index is 11.4. The van der Waals surface area contributed by atoms with Gasteiger partial charge in [0.1, 0.15) is 0 Å². The van der Waals surface area contributed by atoms with E-state index in [1.54, 1.807) is 0 Å². The number of benzene rings is 1. The summed E-state index contributed by atoms with van der Waals surface area (Å²) in [6.45, 7) is 0. The average Bonchev–Trinajstić information content (AvgIpc) is 2.37. The highest BCUT2D eigenvalue weighted by molar-refractivity contribution is 9.10. The van der Waals surface area contributed by atoms with Crippen LogP contribution in [0.4, 0.5) is 0 Å². The quantitative estimate of drug-likeness (QED) is 0.763. The summed E-state index contributed by atoms with van der Waals surface area (Å²) in [4.78, 5) is 11.4. The first-order chi connectivity index (χ1) is 8.61. The summed E-state index contributed by atoms with van der Waals surface area (Å²) >= 11 is 9.70. The molecule has 2 rings (SSSR count). The maximum absolute atomic E-state index is 11.4. The van der Waals surface area contributed by atoms with Crippen molar-refractivity contribution in [3.8, 4) is 0 Å². The molecule has 0 fully saturated rings. The molecule has 1 aromatic carbocycles. The standard InChI is InChI=1S/C14H12BrClO2/c1-18-14(17)10-5-6-12(13(16)8-10)9-3-2-4-11(15)7-9/h2-7,10H,8H2,1H3. The van der Waals surface area contributed by atoms with Crippen LogP contribution in [0.25, 0.3) is 5.57 Å². The molecule has 0 saturated carbocycles. The normalized spacial score (nSPS) is 18.9. The predicted octanol–water partition coefficient (Wildman–Crippen LogP) is 4.15. The van der Waals surface area contributed by atoms with Crippen molar-refractivity contribution in [2.75, 3.05) is 7.11 Å². The van der Waals surface area contributed by atoms with Gasteiger partial charge in [0.2, 0.25) is 0 Å². The summed E-state index contributed by atoms with van der Waals surface area (Å²) < 4.78 is 5.72. The van der Waals surface area contributed by atoms with Gasteiger partial charge in [-0.3, -0.25) is 4.79 Å². The van der Waals surface area contributed by atoms with Gasteiger partial charge in [0.25, 0.3) is 0 Å². The van der Waals surface area contributed by atoms with E-state index in [9.17, 15) is 4.79 Å². The Morgan fingerprint density at radius 1 is 1.50 bits per heavy atom. The number of rotatable bonds is 2. The Morgan fingerprint density at radius 2 is 2.28 bits per heavy atom. The highest BCUT2D eigenvalue weighted by atomic mass is 79.9. The molecule has 1 aliphatic carbocycles. The predicted molar refractivity (Wildman–Crippen MR) is 76.2 cm³/mol. The Labute approximate surface area is 119 Å². The van der Waals surface area contributed by atoms with Gasteiger partial charge in [-0.15, -0.1) is 0 Å². The Hall–Kier alpha value is -1.06. The number of carbonyl (C=O) groups is 1. The molecule has 0 amide bonds. The molecule has 1 aromatic rings. The van der Waals surface area contributed by atoms with Crippen LogP contribution >= 0.6 is 27.5 Å². The fraction of sp³-hybridized carbons (Fsp3) is 0.214. The molecule has 4 heteroatoms. The van der Waals surface area contributed by atoms with Gasteiger partial charge < -0.3 is 4.74 Å². The van der Waals surface area contributed by atoms with Crippen LogP contribution in [0, 0.1) is 5.92 Å². The van der Waals surface area contributed by atoms with Gasteiger partial charge in [0, 0.05) is 15.9 Å². The molecule has 0 bridgehead atoms. The van der Waals surface area contributed by atoms with Crippen LogP contribution < -0.4 is 0 Å². The van der Waals surface area contributed by atoms with Gasteiger partial charge in [0.05, 0.1) is 13.0 Å². The van der Waals surface area contributed by atoms with E-state index in [2.05, 4.69) is 15.9 Å². The van der Waals surface area contributed by atoms with Gasteiger partial charge in [-0.25, -0.2) is 0 Å². The lowest BCUT2D eigenvalue weighted by Gasteiger charge is -2.17. The fourth-order valence-electron chi connectivity index (χ4n) is 1.90. The first-order valence-corrected chi connectivity index (χ1v) is 6.69. The van der Waals surface area contributed by atoms with Crippen molar-refractivity contribution in [1.29, 1.82) is 0 Å². The van der Waals surface area contributed by atoms with E-state index in [0.29, 0.717) is 11.5 Å². The summed E-state index contributed by atoms with van der Waals surface area (Å²) in [5.74, 6) is -0.531. The molecule has 1 atom stereocenters. The molecular formula is C14H12BrClO2. The lowest BCUT2D eigenvalue weighted by molar-refractivity contribution is -0.143. The second kappa shape index (κ2) is 5.72. The zero-order valence-corrected chi connectivity index (χ0v) is 12.2. The molecule has 0 spiro atoms. The van der Waals surface area contributed by atoms with Gasteiger partial charge in [-0.2, -0.15) is 0 Å². The van der Waals surface area contributed by atoms with Gasteiger partial charge >= 0.3 is 5.97 Å². The van der Waals surface area contributed by atoms with Gasteiger partial charge in [-0.05, 0) is 23.3 Å². The number of hydrogen-bond donors (Lipinski definition) is 0. The van der Waals surface area contributed by atoms with Crippen molar-refractivity contribution in [3.05, 3.63) is 51.5 Å². The van der Waals surface area contributed by atoms with E-state index in [0.717, 1.165) is 15.6 Å². The van der Waals surface area contributed by atoms with E-state index < -0.39 is 0 Å². The van der Waals surface area contributed by atoms with Crippen molar-refractivity contribution in [2.24, 2.45) is 5.92 Å². The van der Waals surface area contributed by atoms with Crippen LogP contribution in [-0.2, 0) is 9.53 Å². The summed E-state index contributed by atoms with van der Waals surface area (Å²) in [7, 11) is 1.39. The third-order valence-corrected chi connectivity index (χ3v) is 3.68. The number of esters is 1. The van der Waals surface area contributed by atoms with Gasteiger partial charge in [0.15, 0.2) is 0 Å². The second-order valence-corrected chi connectivity index (χ2v) is 5.39. The molecule has 2 nitrogen and oxygen atoms in total. The number of carbonyl (C=O) groups excluding carboxylic acids is 1. The minimum Gasteiger partial charge on any atom is -0.469 e. The summed E-state index contributed by atoms with van der Waals surface area (Å²) in [6.07, 6.45) is 4.22. The van der Waals surface area contributed by atoms with Crippen molar-refractivity contribution in [1.82, 2.24) is 0 Å². The Kier molecular flexibility index (Phi) is 4.25. The minimum absolute atomic E-state index is 0.252. The second-order valence-electron chi connectivity index (χ2n) is 4.02. The molecule has 94 valence electrons. The number of methoxy groups -OCH3 is 1. The lowest BCUT2D eigenvalue weighted by atomic mass is 9.93. The maximum Gasteiger partial charge on any atom is 0.312 e. The van der Waals surface area contributed by atoms with Crippen LogP contribution in [0.5, 0.6) is 0 Å². The van der Waals surface area contributed by atoms with Crippen LogP contribution in [0.15, 0.2) is 45.9 Å². The van der Waals surface area contributed by atoms with E-state index >= 15 is 0 Å². The van der Waals surface area contributed by atoms with Crippen molar-refractivity contribution in [2.45, 2.75) is 6.42 Å². The minimum atomic E-state index is -0.279. The molecule has 0 saturated heterocycles. The third-order valence-electron chi connectivity index (χ3n) is 2.83. The smallest absolute Gasteiger partial charge is 0.312 e. The highest BCUT2D eigenvalue weighted by Gasteiger charge is 2.22. The fourth-order valence-corrected chi connectivity index (χ4v) is 2.63. The average molecular weight is 328 g/mol. The van der Waals surface area contributed by atoms with Crippen LogP contribution in [0.1, 0.15) is 12.0 Å². The lowest BCUT2D eigenvalue weighted by Crippen LogP contribution is -2.16. The van der Waals surface area contributed by atoms with Crippen molar-refractivity contribution >= 4 is 39.1 Å². The van der Waals surface area contributed by atoms with Crippen LogP contribution in [0.3, 0.4) is 0 Å². The molecular weight excluding hydrogens is 316 g/mol. The number of hydrogen-bond acceptors (Lipinski definition) is 2.